The lowest BCUT2D eigenvalue weighted by molar-refractivity contribution is 0.0552. The number of hydrogen-bond donors (Lipinski definition) is 1. The van der Waals surface area contributed by atoms with Crippen molar-refractivity contribution < 1.29 is 14.2 Å². The molecule has 1 aromatic carbocycles. The van der Waals surface area contributed by atoms with Crippen LogP contribution in [0.5, 0.6) is 11.5 Å². The molecule has 0 aliphatic carbocycles. The molecule has 2 aromatic heterocycles. The van der Waals surface area contributed by atoms with E-state index in [2.05, 4.69) is 15.0 Å². The van der Waals surface area contributed by atoms with E-state index >= 15 is 0 Å². The van der Waals surface area contributed by atoms with Crippen molar-refractivity contribution in [1.82, 2.24) is 15.0 Å². The molecule has 0 aliphatic rings. The summed E-state index contributed by atoms with van der Waals surface area (Å²) in [4.78, 5) is 24.6. The molecule has 148 valence electrons. The molecular weight excluding hydrogens is 358 g/mol. The first-order valence-electron chi connectivity index (χ1n) is 9.19. The van der Waals surface area contributed by atoms with Crippen LogP contribution < -0.4 is 15.0 Å². The summed E-state index contributed by atoms with van der Waals surface area (Å²) in [5.74, 6) is 1.47. The van der Waals surface area contributed by atoms with Gasteiger partial charge in [-0.2, -0.15) is 0 Å². The van der Waals surface area contributed by atoms with E-state index in [0.717, 1.165) is 17.0 Å². The van der Waals surface area contributed by atoms with E-state index in [1.807, 2.05) is 39.8 Å². The number of rotatable bonds is 7. The maximum atomic E-state index is 12.7. The highest BCUT2D eigenvalue weighted by Crippen LogP contribution is 2.29. The Morgan fingerprint density at radius 2 is 1.75 bits per heavy atom. The van der Waals surface area contributed by atoms with Gasteiger partial charge >= 0.3 is 0 Å². The Morgan fingerprint density at radius 3 is 2.39 bits per heavy atom. The monoisotopic (exact) mass is 383 g/mol. The van der Waals surface area contributed by atoms with Crippen LogP contribution >= 0.6 is 0 Å². The van der Waals surface area contributed by atoms with Gasteiger partial charge in [0, 0.05) is 29.1 Å². The van der Waals surface area contributed by atoms with Crippen LogP contribution in [0, 0.1) is 13.8 Å². The average Bonchev–Trinajstić information content (AvgIpc) is 2.63. The number of aryl methyl sites for hydroxylation is 2. The Bertz CT molecular complexity index is 1020. The molecule has 3 aromatic rings. The van der Waals surface area contributed by atoms with Crippen molar-refractivity contribution >= 4 is 10.9 Å². The minimum atomic E-state index is -0.265. The second kappa shape index (κ2) is 8.39. The summed E-state index contributed by atoms with van der Waals surface area (Å²) < 4.78 is 16.7. The van der Waals surface area contributed by atoms with Gasteiger partial charge in [0.15, 0.2) is 0 Å². The molecule has 28 heavy (non-hydrogen) atoms. The number of nitrogens with zero attached hydrogens (tertiary/aromatic N) is 2. The molecule has 2 heterocycles. The highest BCUT2D eigenvalue weighted by atomic mass is 16.5. The van der Waals surface area contributed by atoms with E-state index < -0.39 is 0 Å². The van der Waals surface area contributed by atoms with Gasteiger partial charge in [0.2, 0.25) is 0 Å². The summed E-state index contributed by atoms with van der Waals surface area (Å²) >= 11 is 0. The van der Waals surface area contributed by atoms with Crippen molar-refractivity contribution in [3.05, 3.63) is 46.0 Å². The van der Waals surface area contributed by atoms with E-state index in [1.165, 1.54) is 7.11 Å². The summed E-state index contributed by atoms with van der Waals surface area (Å²) in [6.07, 6.45) is 0.143. The van der Waals surface area contributed by atoms with Gasteiger partial charge in [-0.05, 0) is 39.8 Å². The molecule has 0 amide bonds. The van der Waals surface area contributed by atoms with Crippen molar-refractivity contribution in [3.8, 4) is 22.9 Å². The first kappa shape index (κ1) is 19.8. The number of fused-ring (bicyclic) bond motifs is 1. The molecule has 0 saturated carbocycles. The van der Waals surface area contributed by atoms with Crippen LogP contribution in [0.3, 0.4) is 0 Å². The number of methoxy groups -OCH3 is 1. The third-order valence-corrected chi connectivity index (χ3v) is 4.12. The number of aromatic nitrogens is 3. The Kier molecular flexibility index (Phi) is 5.94. The van der Waals surface area contributed by atoms with E-state index in [4.69, 9.17) is 14.2 Å². The smallest absolute Gasteiger partial charge is 0.262 e. The fourth-order valence-electron chi connectivity index (χ4n) is 3.01. The van der Waals surface area contributed by atoms with Gasteiger partial charge in [0.1, 0.15) is 29.3 Å². The Labute approximate surface area is 163 Å². The second-order valence-electron chi connectivity index (χ2n) is 6.84. The largest absolute Gasteiger partial charge is 0.496 e. The fraction of sp³-hybridized carbons (Fsp3) is 0.381. The number of ether oxygens (including phenoxy) is 3. The van der Waals surface area contributed by atoms with Crippen molar-refractivity contribution in [2.75, 3.05) is 20.3 Å². The van der Waals surface area contributed by atoms with E-state index in [0.29, 0.717) is 41.4 Å². The van der Waals surface area contributed by atoms with Crippen molar-refractivity contribution in [1.29, 1.82) is 0 Å². The first-order valence-corrected chi connectivity index (χ1v) is 9.19. The molecule has 0 bridgehead atoms. The van der Waals surface area contributed by atoms with Crippen LogP contribution in [0.15, 0.2) is 29.1 Å². The van der Waals surface area contributed by atoms with Gasteiger partial charge in [-0.1, -0.05) is 0 Å². The zero-order chi connectivity index (χ0) is 20.3. The van der Waals surface area contributed by atoms with Crippen molar-refractivity contribution in [2.24, 2.45) is 0 Å². The molecule has 0 atom stereocenters. The lowest BCUT2D eigenvalue weighted by atomic mass is 10.1. The summed E-state index contributed by atoms with van der Waals surface area (Å²) in [6, 6.07) is 7.21. The van der Waals surface area contributed by atoms with Crippen LogP contribution in [-0.4, -0.2) is 41.4 Å². The minimum Gasteiger partial charge on any atom is -0.496 e. The molecule has 7 heteroatoms. The van der Waals surface area contributed by atoms with E-state index in [9.17, 15) is 4.79 Å². The van der Waals surface area contributed by atoms with Crippen LogP contribution in [0.1, 0.15) is 25.2 Å². The number of nitrogens with one attached hydrogen (secondary N) is 1. The van der Waals surface area contributed by atoms with Gasteiger partial charge in [-0.3, -0.25) is 9.78 Å². The summed E-state index contributed by atoms with van der Waals surface area (Å²) in [7, 11) is 1.52. The molecule has 1 N–H and O–H groups in total. The van der Waals surface area contributed by atoms with Gasteiger partial charge < -0.3 is 19.2 Å². The minimum absolute atomic E-state index is 0.143. The molecule has 0 unspecified atom stereocenters. The van der Waals surface area contributed by atoms with Crippen LogP contribution in [-0.2, 0) is 4.74 Å². The van der Waals surface area contributed by atoms with Gasteiger partial charge in [-0.25, -0.2) is 4.98 Å². The summed E-state index contributed by atoms with van der Waals surface area (Å²) in [5, 5.41) is 0.388. The number of hydrogen-bond acceptors (Lipinski definition) is 6. The summed E-state index contributed by atoms with van der Waals surface area (Å²) in [6.45, 7) is 8.62. The maximum absolute atomic E-state index is 12.7. The molecule has 0 saturated heterocycles. The van der Waals surface area contributed by atoms with Gasteiger partial charge in [-0.15, -0.1) is 0 Å². The SMILES string of the molecule is COc1cc(OCCOC(C)C)cc2nc(-c3cc(C)nc(C)c3)[nH]c(=O)c12. The van der Waals surface area contributed by atoms with Crippen LogP contribution in [0.25, 0.3) is 22.3 Å². The molecule has 7 nitrogen and oxygen atoms in total. The molecule has 0 radical (unpaired) electrons. The zero-order valence-electron chi connectivity index (χ0n) is 16.8. The van der Waals surface area contributed by atoms with E-state index in [-0.39, 0.29) is 11.7 Å². The highest BCUT2D eigenvalue weighted by molar-refractivity contribution is 5.87. The predicted octanol–water partition coefficient (Wildman–Crippen LogP) is 3.41. The third-order valence-electron chi connectivity index (χ3n) is 4.12. The molecule has 0 fully saturated rings. The Morgan fingerprint density at radius 1 is 1.04 bits per heavy atom. The summed E-state index contributed by atoms with van der Waals surface area (Å²) in [5.41, 5.74) is 2.76. The number of H-pyrrole nitrogens is 1. The van der Waals surface area contributed by atoms with Gasteiger partial charge in [0.25, 0.3) is 5.56 Å². The van der Waals surface area contributed by atoms with Crippen molar-refractivity contribution in [2.45, 2.75) is 33.8 Å². The van der Waals surface area contributed by atoms with Gasteiger partial charge in [0.05, 0.1) is 25.3 Å². The third kappa shape index (κ3) is 4.48. The predicted molar refractivity (Wildman–Crippen MR) is 108 cm³/mol. The lowest BCUT2D eigenvalue weighted by Crippen LogP contribution is -2.13. The van der Waals surface area contributed by atoms with Crippen LogP contribution in [0.4, 0.5) is 0 Å². The first-order chi connectivity index (χ1) is 13.4. The number of benzene rings is 1. The van der Waals surface area contributed by atoms with Crippen molar-refractivity contribution in [3.63, 3.8) is 0 Å². The zero-order valence-corrected chi connectivity index (χ0v) is 16.8. The molecule has 3 rings (SSSR count). The van der Waals surface area contributed by atoms with Crippen LogP contribution in [0.2, 0.25) is 0 Å². The fourth-order valence-corrected chi connectivity index (χ4v) is 3.01. The number of aromatic amines is 1. The topological polar surface area (TPSA) is 86.3 Å². The maximum Gasteiger partial charge on any atom is 0.262 e. The highest BCUT2D eigenvalue weighted by Gasteiger charge is 2.14. The lowest BCUT2D eigenvalue weighted by Gasteiger charge is -2.12. The Balaban J connectivity index is 2.02. The second-order valence-corrected chi connectivity index (χ2v) is 6.84. The normalized spacial score (nSPS) is 11.2. The average molecular weight is 383 g/mol. The molecule has 0 aliphatic heterocycles. The number of pyridine rings is 1. The standard InChI is InChI=1S/C21H25N3O4/c1-12(2)27-6-7-28-16-10-17-19(18(11-16)26-5)21(25)24-20(23-17)15-8-13(3)22-14(4)9-15/h8-12H,6-7H2,1-5H3,(H,23,24,25). The molecular formula is C21H25N3O4. The van der Waals surface area contributed by atoms with E-state index in [1.54, 1.807) is 12.1 Å². The Hall–Kier alpha value is -2.93. The quantitative estimate of drug-likeness (QED) is 0.629. The molecule has 0 spiro atoms.